The number of hydrogen-bond donors (Lipinski definition) is 0. The Morgan fingerprint density at radius 3 is 2.24 bits per heavy atom. The van der Waals surface area contributed by atoms with Gasteiger partial charge in [-0.3, -0.25) is 0 Å². The van der Waals surface area contributed by atoms with Crippen molar-refractivity contribution in [1.29, 1.82) is 0 Å². The molecule has 0 aromatic heterocycles. The number of carbonyl (C=O) groups excluding carboxylic acids is 1. The first kappa shape index (κ1) is 12.6. The molecule has 2 rings (SSSR count). The number of halogens is 3. The number of isocyanates is 1. The van der Waals surface area contributed by atoms with Gasteiger partial charge in [0.2, 0.25) is 6.08 Å². The Morgan fingerprint density at radius 1 is 1.24 bits per heavy atom. The average Bonchev–Trinajstić information content (AvgIpc) is 2.75. The van der Waals surface area contributed by atoms with Crippen LogP contribution in [-0.2, 0) is 10.3 Å². The molecule has 0 spiro atoms. The maximum Gasteiger partial charge on any atom is 0.235 e. The van der Waals surface area contributed by atoms with E-state index < -0.39 is 11.4 Å². The molecule has 0 N–H and O–H groups in total. The Labute approximate surface area is 108 Å². The summed E-state index contributed by atoms with van der Waals surface area (Å²) >= 11 is 11.5. The molecule has 2 nitrogen and oxygen atoms in total. The first-order chi connectivity index (χ1) is 8.09. The van der Waals surface area contributed by atoms with Crippen molar-refractivity contribution in [3.63, 3.8) is 0 Å². The standard InChI is InChI=1S/C12H10Cl2FNO/c13-9-5-8(6-10(14)11(9)15)12(16-7-17)3-1-2-4-12/h5-6H,1-4H2. The summed E-state index contributed by atoms with van der Waals surface area (Å²) in [6, 6.07) is 2.99. The van der Waals surface area contributed by atoms with Crippen molar-refractivity contribution in [1.82, 2.24) is 0 Å². The van der Waals surface area contributed by atoms with Crippen LogP contribution >= 0.6 is 23.2 Å². The second kappa shape index (κ2) is 4.77. The summed E-state index contributed by atoms with van der Waals surface area (Å²) < 4.78 is 13.3. The van der Waals surface area contributed by atoms with Crippen LogP contribution in [0.5, 0.6) is 0 Å². The Kier molecular flexibility index (Phi) is 3.53. The molecule has 0 saturated heterocycles. The highest BCUT2D eigenvalue weighted by atomic mass is 35.5. The summed E-state index contributed by atoms with van der Waals surface area (Å²) in [5.74, 6) is -0.639. The highest BCUT2D eigenvalue weighted by molar-refractivity contribution is 6.35. The van der Waals surface area contributed by atoms with E-state index in [1.54, 1.807) is 6.08 Å². The molecule has 0 aliphatic heterocycles. The molecular formula is C12H10Cl2FNO. The smallest absolute Gasteiger partial charge is 0.211 e. The van der Waals surface area contributed by atoms with Crippen molar-refractivity contribution >= 4 is 29.3 Å². The summed E-state index contributed by atoms with van der Waals surface area (Å²) in [5.41, 5.74) is 0.0673. The molecule has 1 aromatic rings. The molecule has 1 aromatic carbocycles. The average molecular weight is 274 g/mol. The van der Waals surface area contributed by atoms with Gasteiger partial charge in [-0.15, -0.1) is 0 Å². The molecular weight excluding hydrogens is 264 g/mol. The van der Waals surface area contributed by atoms with Gasteiger partial charge >= 0.3 is 0 Å². The van der Waals surface area contributed by atoms with Crippen LogP contribution in [0.15, 0.2) is 17.1 Å². The lowest BCUT2D eigenvalue weighted by Crippen LogP contribution is -2.19. The van der Waals surface area contributed by atoms with Gasteiger partial charge in [0, 0.05) is 0 Å². The molecule has 1 saturated carbocycles. The van der Waals surface area contributed by atoms with E-state index in [1.165, 1.54) is 12.1 Å². The van der Waals surface area contributed by atoms with Gasteiger partial charge in [-0.25, -0.2) is 9.18 Å². The zero-order valence-electron chi connectivity index (χ0n) is 8.97. The lowest BCUT2D eigenvalue weighted by Gasteiger charge is -2.23. The second-order valence-corrected chi connectivity index (χ2v) is 5.01. The summed E-state index contributed by atoms with van der Waals surface area (Å²) in [6.45, 7) is 0. The third-order valence-corrected chi connectivity index (χ3v) is 3.76. The van der Waals surface area contributed by atoms with Crippen LogP contribution in [0.2, 0.25) is 10.0 Å². The van der Waals surface area contributed by atoms with E-state index in [0.717, 1.165) is 25.7 Å². The predicted molar refractivity (Wildman–Crippen MR) is 64.7 cm³/mol. The third-order valence-electron chi connectivity index (χ3n) is 3.21. The molecule has 1 aliphatic carbocycles. The highest BCUT2D eigenvalue weighted by Crippen LogP contribution is 2.44. The van der Waals surface area contributed by atoms with E-state index in [9.17, 15) is 9.18 Å². The summed E-state index contributed by atoms with van der Waals surface area (Å²) in [6.07, 6.45) is 5.01. The Balaban J connectivity index is 2.54. The van der Waals surface area contributed by atoms with Crippen LogP contribution in [0, 0.1) is 5.82 Å². The largest absolute Gasteiger partial charge is 0.235 e. The molecule has 1 fully saturated rings. The molecule has 0 radical (unpaired) electrons. The lowest BCUT2D eigenvalue weighted by molar-refractivity contribution is 0.455. The van der Waals surface area contributed by atoms with Crippen LogP contribution in [0.3, 0.4) is 0 Å². The van der Waals surface area contributed by atoms with Crippen LogP contribution < -0.4 is 0 Å². The van der Waals surface area contributed by atoms with Crippen LogP contribution in [0.1, 0.15) is 31.2 Å². The topological polar surface area (TPSA) is 29.4 Å². The van der Waals surface area contributed by atoms with E-state index in [0.29, 0.717) is 5.56 Å². The number of benzene rings is 1. The van der Waals surface area contributed by atoms with E-state index in [4.69, 9.17) is 23.2 Å². The quantitative estimate of drug-likeness (QED) is 0.450. The van der Waals surface area contributed by atoms with Gasteiger partial charge in [-0.2, -0.15) is 4.99 Å². The summed E-state index contributed by atoms with van der Waals surface area (Å²) in [7, 11) is 0. The third kappa shape index (κ3) is 2.23. The van der Waals surface area contributed by atoms with Crippen molar-refractivity contribution in [3.05, 3.63) is 33.6 Å². The molecule has 0 unspecified atom stereocenters. The zero-order chi connectivity index (χ0) is 12.5. The highest BCUT2D eigenvalue weighted by Gasteiger charge is 2.36. The molecule has 0 amide bonds. The summed E-state index contributed by atoms with van der Waals surface area (Å²) in [4.78, 5) is 14.4. The maximum atomic E-state index is 13.3. The normalized spacial score (nSPS) is 17.8. The van der Waals surface area contributed by atoms with Crippen molar-refractivity contribution in [3.8, 4) is 0 Å². The van der Waals surface area contributed by atoms with E-state index in [2.05, 4.69) is 4.99 Å². The molecule has 0 bridgehead atoms. The van der Waals surface area contributed by atoms with Gasteiger partial charge in [0.25, 0.3) is 0 Å². The minimum absolute atomic E-state index is 0.0418. The summed E-state index contributed by atoms with van der Waals surface area (Å²) in [5, 5.41) is -0.0836. The van der Waals surface area contributed by atoms with Gasteiger partial charge in [0.05, 0.1) is 15.6 Å². The Morgan fingerprint density at radius 2 is 1.76 bits per heavy atom. The number of rotatable bonds is 2. The first-order valence-electron chi connectivity index (χ1n) is 5.33. The molecule has 0 heterocycles. The maximum absolute atomic E-state index is 13.3. The zero-order valence-corrected chi connectivity index (χ0v) is 10.5. The monoisotopic (exact) mass is 273 g/mol. The minimum Gasteiger partial charge on any atom is -0.211 e. The SMILES string of the molecule is O=C=NC1(c2cc(Cl)c(F)c(Cl)c2)CCCC1. The van der Waals surface area contributed by atoms with Gasteiger partial charge in [-0.1, -0.05) is 36.0 Å². The molecule has 90 valence electrons. The van der Waals surface area contributed by atoms with Gasteiger partial charge in [0.15, 0.2) is 5.82 Å². The van der Waals surface area contributed by atoms with Crippen molar-refractivity contribution in [2.75, 3.05) is 0 Å². The van der Waals surface area contributed by atoms with Crippen LogP contribution in [-0.4, -0.2) is 6.08 Å². The fourth-order valence-electron chi connectivity index (χ4n) is 2.34. The molecule has 17 heavy (non-hydrogen) atoms. The minimum atomic E-state index is -0.639. The van der Waals surface area contributed by atoms with E-state index in [1.807, 2.05) is 0 Å². The Bertz CT molecular complexity index is 468. The number of nitrogens with zero attached hydrogens (tertiary/aromatic N) is 1. The van der Waals surface area contributed by atoms with Crippen molar-refractivity contribution < 1.29 is 9.18 Å². The molecule has 0 atom stereocenters. The van der Waals surface area contributed by atoms with E-state index >= 15 is 0 Å². The van der Waals surface area contributed by atoms with Crippen LogP contribution in [0.25, 0.3) is 0 Å². The Hall–Kier alpha value is -0.890. The van der Waals surface area contributed by atoms with Gasteiger partial charge in [0.1, 0.15) is 0 Å². The predicted octanol–water partition coefficient (Wildman–Crippen LogP) is 4.24. The van der Waals surface area contributed by atoms with Crippen molar-refractivity contribution in [2.24, 2.45) is 4.99 Å². The van der Waals surface area contributed by atoms with Crippen molar-refractivity contribution in [2.45, 2.75) is 31.2 Å². The second-order valence-electron chi connectivity index (χ2n) is 4.20. The number of aliphatic imine (C=N–C) groups is 1. The fraction of sp³-hybridized carbons (Fsp3) is 0.417. The molecule has 1 aliphatic rings. The van der Waals surface area contributed by atoms with Crippen LogP contribution in [0.4, 0.5) is 4.39 Å². The number of hydrogen-bond acceptors (Lipinski definition) is 2. The van der Waals surface area contributed by atoms with E-state index in [-0.39, 0.29) is 10.0 Å². The molecule has 5 heteroatoms. The fourth-order valence-corrected chi connectivity index (χ4v) is 2.82. The lowest BCUT2D eigenvalue weighted by atomic mass is 9.89. The van der Waals surface area contributed by atoms with Gasteiger partial charge < -0.3 is 0 Å². The first-order valence-corrected chi connectivity index (χ1v) is 6.09. The van der Waals surface area contributed by atoms with Gasteiger partial charge in [-0.05, 0) is 30.5 Å².